The van der Waals surface area contributed by atoms with Gasteiger partial charge in [-0.25, -0.2) is 4.98 Å². The van der Waals surface area contributed by atoms with Crippen LogP contribution in [0.3, 0.4) is 0 Å². The van der Waals surface area contributed by atoms with E-state index in [9.17, 15) is 4.79 Å². The van der Waals surface area contributed by atoms with Gasteiger partial charge in [0.2, 0.25) is 0 Å². The fourth-order valence-electron chi connectivity index (χ4n) is 3.44. The fraction of sp³-hybridized carbons (Fsp3) is 0.579. The molecule has 2 aromatic rings. The molecule has 0 radical (unpaired) electrons. The van der Waals surface area contributed by atoms with Crippen LogP contribution in [0.1, 0.15) is 55.2 Å². The lowest BCUT2D eigenvalue weighted by Gasteiger charge is -2.21. The molecule has 136 valence electrons. The zero-order valence-corrected chi connectivity index (χ0v) is 15.0. The summed E-state index contributed by atoms with van der Waals surface area (Å²) in [7, 11) is 0. The van der Waals surface area contributed by atoms with Crippen molar-refractivity contribution >= 4 is 11.6 Å². The lowest BCUT2D eigenvalue weighted by atomic mass is 9.90. The molecule has 0 bridgehead atoms. The van der Waals surface area contributed by atoms with E-state index in [4.69, 9.17) is 9.84 Å². The molecule has 0 saturated heterocycles. The normalized spacial score (nSPS) is 16.8. The first kappa shape index (κ1) is 17.7. The van der Waals surface area contributed by atoms with Gasteiger partial charge in [-0.2, -0.15) is 0 Å². The van der Waals surface area contributed by atoms with E-state index in [1.165, 1.54) is 32.1 Å². The maximum Gasteiger partial charge on any atom is 0.270 e. The molecule has 2 N–H and O–H groups in total. The van der Waals surface area contributed by atoms with Crippen LogP contribution in [0.5, 0.6) is 5.75 Å². The van der Waals surface area contributed by atoms with Crippen LogP contribution in [-0.4, -0.2) is 39.7 Å². The van der Waals surface area contributed by atoms with E-state index < -0.39 is 0 Å². The van der Waals surface area contributed by atoms with E-state index in [2.05, 4.69) is 10.3 Å². The number of aromatic nitrogens is 2. The van der Waals surface area contributed by atoms with Crippen molar-refractivity contribution in [2.75, 3.05) is 13.2 Å². The topological polar surface area (TPSA) is 75.9 Å². The first-order valence-electron chi connectivity index (χ1n) is 9.12. The van der Waals surface area contributed by atoms with Crippen molar-refractivity contribution in [2.45, 2.75) is 52.0 Å². The predicted molar refractivity (Wildman–Crippen MR) is 96.0 cm³/mol. The number of aryl methyl sites for hydroxylation is 1. The third-order valence-electron chi connectivity index (χ3n) is 4.85. The van der Waals surface area contributed by atoms with E-state index in [-0.39, 0.29) is 18.6 Å². The van der Waals surface area contributed by atoms with E-state index in [1.807, 2.05) is 25.3 Å². The second kappa shape index (κ2) is 7.87. The first-order valence-corrected chi connectivity index (χ1v) is 9.12. The summed E-state index contributed by atoms with van der Waals surface area (Å²) in [5.74, 6) is 1.08. The second-order valence-corrected chi connectivity index (χ2v) is 6.98. The van der Waals surface area contributed by atoms with Crippen molar-refractivity contribution in [3.63, 3.8) is 0 Å². The highest BCUT2D eigenvalue weighted by molar-refractivity contribution is 5.95. The van der Waals surface area contributed by atoms with Crippen LogP contribution < -0.4 is 10.1 Å². The molecule has 3 rings (SSSR count). The largest absolute Gasteiger partial charge is 0.489 e. The molecule has 1 fully saturated rings. The van der Waals surface area contributed by atoms with Gasteiger partial charge in [0.25, 0.3) is 5.91 Å². The average Bonchev–Trinajstić information content (AvgIpc) is 2.97. The highest BCUT2D eigenvalue weighted by atomic mass is 16.5. The van der Waals surface area contributed by atoms with Gasteiger partial charge in [-0.1, -0.05) is 19.3 Å². The van der Waals surface area contributed by atoms with Crippen LogP contribution in [-0.2, 0) is 0 Å². The van der Waals surface area contributed by atoms with E-state index in [0.29, 0.717) is 35.3 Å². The Hall–Kier alpha value is -2.08. The van der Waals surface area contributed by atoms with Gasteiger partial charge in [0, 0.05) is 12.2 Å². The summed E-state index contributed by atoms with van der Waals surface area (Å²) in [6.07, 6.45) is 8.17. The van der Waals surface area contributed by atoms with Gasteiger partial charge < -0.3 is 15.2 Å². The molecule has 6 nitrogen and oxygen atoms in total. The number of carbonyl (C=O) groups excluding carboxylic acids is 1. The van der Waals surface area contributed by atoms with Crippen LogP contribution in [0.15, 0.2) is 18.3 Å². The number of aliphatic hydroxyl groups is 1. The minimum Gasteiger partial charge on any atom is -0.489 e. The zero-order chi connectivity index (χ0) is 17.8. The molecule has 2 aromatic heterocycles. The van der Waals surface area contributed by atoms with Crippen molar-refractivity contribution in [1.82, 2.24) is 14.7 Å². The van der Waals surface area contributed by atoms with Crippen molar-refractivity contribution < 1.29 is 14.6 Å². The highest BCUT2D eigenvalue weighted by Crippen LogP contribution is 2.27. The first-order chi connectivity index (χ1) is 12.1. The molecule has 0 aromatic carbocycles. The summed E-state index contributed by atoms with van der Waals surface area (Å²) in [5, 5.41) is 11.9. The van der Waals surface area contributed by atoms with Crippen molar-refractivity contribution in [1.29, 1.82) is 0 Å². The summed E-state index contributed by atoms with van der Waals surface area (Å²) < 4.78 is 7.82. The molecule has 0 unspecified atom stereocenters. The molecule has 25 heavy (non-hydrogen) atoms. The molecule has 0 aliphatic heterocycles. The van der Waals surface area contributed by atoms with Gasteiger partial charge in [0.05, 0.1) is 18.9 Å². The van der Waals surface area contributed by atoms with Crippen molar-refractivity contribution in [2.24, 2.45) is 5.92 Å². The smallest absolute Gasteiger partial charge is 0.270 e. The molecule has 1 amide bonds. The number of carbonyl (C=O) groups is 1. The molecule has 1 aliphatic carbocycles. The molecule has 1 atom stereocenters. The second-order valence-electron chi connectivity index (χ2n) is 6.98. The van der Waals surface area contributed by atoms with Gasteiger partial charge in [0.1, 0.15) is 5.69 Å². The number of nitrogens with zero attached hydrogens (tertiary/aromatic N) is 2. The number of hydrogen-bond acceptors (Lipinski definition) is 4. The zero-order valence-electron chi connectivity index (χ0n) is 15.0. The Morgan fingerprint density at radius 1 is 1.44 bits per heavy atom. The van der Waals surface area contributed by atoms with Crippen molar-refractivity contribution in [3.05, 3.63) is 29.7 Å². The van der Waals surface area contributed by atoms with E-state index >= 15 is 0 Å². The lowest BCUT2D eigenvalue weighted by molar-refractivity contribution is 0.0915. The summed E-state index contributed by atoms with van der Waals surface area (Å²) in [6, 6.07) is 3.47. The van der Waals surface area contributed by atoms with Gasteiger partial charge >= 0.3 is 0 Å². The summed E-state index contributed by atoms with van der Waals surface area (Å²) in [4.78, 5) is 17.0. The fourth-order valence-corrected chi connectivity index (χ4v) is 3.44. The summed E-state index contributed by atoms with van der Waals surface area (Å²) in [6.45, 7) is 4.18. The minimum absolute atomic E-state index is 0.0999. The van der Waals surface area contributed by atoms with E-state index in [0.717, 1.165) is 0 Å². The number of nitrogens with one attached hydrogen (secondary N) is 1. The number of aliphatic hydroxyl groups excluding tert-OH is 1. The monoisotopic (exact) mass is 345 g/mol. The summed E-state index contributed by atoms with van der Waals surface area (Å²) in [5.41, 5.74) is 1.80. The number of imidazole rings is 1. The number of fused-ring (bicyclic) bond motifs is 1. The third kappa shape index (κ3) is 3.95. The Morgan fingerprint density at radius 2 is 2.20 bits per heavy atom. The molecule has 1 saturated carbocycles. The Bertz CT molecular complexity index is 735. The number of pyridine rings is 1. The Kier molecular flexibility index (Phi) is 5.58. The minimum atomic E-state index is -0.303. The van der Waals surface area contributed by atoms with Gasteiger partial charge in [-0.15, -0.1) is 0 Å². The van der Waals surface area contributed by atoms with Gasteiger partial charge in [0.15, 0.2) is 11.4 Å². The predicted octanol–water partition coefficient (Wildman–Crippen LogP) is 2.71. The number of hydrogen-bond donors (Lipinski definition) is 2. The molecule has 6 heteroatoms. The number of amides is 1. The van der Waals surface area contributed by atoms with Gasteiger partial charge in [-0.3, -0.25) is 9.20 Å². The highest BCUT2D eigenvalue weighted by Gasteiger charge is 2.21. The standard InChI is InChI=1S/C19H27N3O3/c1-13(11-23)20-19(24)17-14(2)21-18-16(9-6-10-22(17)18)25-12-15-7-4-3-5-8-15/h6,9-10,13,15,23H,3-5,7-8,11-12H2,1-2H3,(H,20,24)/t13-/m0/s1. The van der Waals surface area contributed by atoms with E-state index in [1.54, 1.807) is 11.3 Å². The SMILES string of the molecule is Cc1nc2c(OCC3CCCCC3)cccn2c1C(=O)N[C@@H](C)CO. The Labute approximate surface area is 148 Å². The van der Waals surface area contributed by atoms with Crippen LogP contribution in [0, 0.1) is 12.8 Å². The Balaban J connectivity index is 1.81. The maximum absolute atomic E-state index is 12.5. The summed E-state index contributed by atoms with van der Waals surface area (Å²) >= 11 is 0. The lowest BCUT2D eigenvalue weighted by Crippen LogP contribution is -2.36. The number of rotatable bonds is 6. The molecule has 0 spiro atoms. The molecular weight excluding hydrogens is 318 g/mol. The third-order valence-corrected chi connectivity index (χ3v) is 4.85. The maximum atomic E-state index is 12.5. The van der Waals surface area contributed by atoms with Crippen LogP contribution >= 0.6 is 0 Å². The average molecular weight is 345 g/mol. The van der Waals surface area contributed by atoms with Gasteiger partial charge in [-0.05, 0) is 44.7 Å². The molecular formula is C19H27N3O3. The van der Waals surface area contributed by atoms with Crippen molar-refractivity contribution in [3.8, 4) is 5.75 Å². The quantitative estimate of drug-likeness (QED) is 0.844. The van der Waals surface area contributed by atoms with Crippen LogP contribution in [0.25, 0.3) is 5.65 Å². The number of ether oxygens (including phenoxy) is 1. The Morgan fingerprint density at radius 3 is 2.92 bits per heavy atom. The van der Waals surface area contributed by atoms with Crippen LogP contribution in [0.2, 0.25) is 0 Å². The molecule has 1 aliphatic rings. The molecule has 2 heterocycles. The van der Waals surface area contributed by atoms with Crippen LogP contribution in [0.4, 0.5) is 0 Å².